The molecule has 0 saturated carbocycles. The van der Waals surface area contributed by atoms with E-state index >= 15 is 0 Å². The quantitative estimate of drug-likeness (QED) is 0.360. The van der Waals surface area contributed by atoms with Crippen LogP contribution >= 0.6 is 0 Å². The number of pyridine rings is 2. The predicted molar refractivity (Wildman–Crippen MR) is 132 cm³/mol. The molecule has 1 aliphatic carbocycles. The van der Waals surface area contributed by atoms with Crippen LogP contribution in [0.25, 0.3) is 28.2 Å². The van der Waals surface area contributed by atoms with Gasteiger partial charge in [-0.1, -0.05) is 31.6 Å². The van der Waals surface area contributed by atoms with E-state index < -0.39 is 8.07 Å². The molecule has 4 aromatic rings. The number of rotatable bonds is 2. The third-order valence-electron chi connectivity index (χ3n) is 5.66. The molecule has 0 spiro atoms. The fourth-order valence-electron chi connectivity index (χ4n) is 4.09. The molecule has 1 atom stereocenters. The highest BCUT2D eigenvalue weighted by molar-refractivity contribution is 6.83. The lowest BCUT2D eigenvalue weighted by Crippen LogP contribution is -2.16. The van der Waals surface area contributed by atoms with Gasteiger partial charge in [0.25, 0.3) is 0 Å². The molecule has 7 heteroatoms. The van der Waals surface area contributed by atoms with Crippen molar-refractivity contribution in [3.05, 3.63) is 65.5 Å². The van der Waals surface area contributed by atoms with Gasteiger partial charge < -0.3 is 11.5 Å². The summed E-state index contributed by atoms with van der Waals surface area (Å²) in [7, 11) is -1.52. The molecule has 0 saturated heterocycles. The molecule has 0 radical (unpaired) electrons. The zero-order valence-corrected chi connectivity index (χ0v) is 19.6. The first-order valence-corrected chi connectivity index (χ1v) is 14.3. The number of nitrogen functional groups attached to an aromatic ring is 1. The van der Waals surface area contributed by atoms with Gasteiger partial charge >= 0.3 is 0 Å². The fraction of sp³-hybridized carbons (Fsp3) is 0.240. The molecule has 3 heterocycles. The Labute approximate surface area is 188 Å². The first-order chi connectivity index (χ1) is 15.3. The van der Waals surface area contributed by atoms with Gasteiger partial charge in [-0.25, -0.2) is 15.0 Å². The largest absolute Gasteiger partial charge is 0.383 e. The average Bonchev–Trinajstić information content (AvgIpc) is 3.32. The Morgan fingerprint density at radius 3 is 2.72 bits per heavy atom. The van der Waals surface area contributed by atoms with E-state index in [9.17, 15) is 0 Å². The Morgan fingerprint density at radius 1 is 1.09 bits per heavy atom. The molecule has 0 aliphatic heterocycles. The topological polar surface area (TPSA) is 95.6 Å². The minimum atomic E-state index is -1.52. The Morgan fingerprint density at radius 2 is 1.94 bits per heavy atom. The number of nitrogens with two attached hydrogens (primary N) is 2. The summed E-state index contributed by atoms with van der Waals surface area (Å²) in [6.45, 7) is 6.67. The van der Waals surface area contributed by atoms with Gasteiger partial charge in [0, 0.05) is 17.9 Å². The molecule has 0 amide bonds. The number of fused-ring (bicyclic) bond motifs is 2. The van der Waals surface area contributed by atoms with Gasteiger partial charge in [0.2, 0.25) is 0 Å². The van der Waals surface area contributed by atoms with Crippen molar-refractivity contribution in [2.45, 2.75) is 38.5 Å². The van der Waals surface area contributed by atoms with Crippen molar-refractivity contribution in [2.24, 2.45) is 5.73 Å². The molecule has 1 aromatic carbocycles. The summed E-state index contributed by atoms with van der Waals surface area (Å²) in [5.41, 5.74) is 22.5. The first-order valence-electron chi connectivity index (χ1n) is 10.8. The maximum atomic E-state index is 6.27. The summed E-state index contributed by atoms with van der Waals surface area (Å²) in [5, 5.41) is 0. The summed E-state index contributed by atoms with van der Waals surface area (Å²) in [4.78, 5) is 14.1. The minimum absolute atomic E-state index is 0.105. The standard InChI is InChI=1S/C25H26N6Si/c1-32(2,3)14-12-17-7-11-22-25(29-17)31(24(30-22)20-5-4-13-28-23(20)27)18-8-9-19-16(15-18)6-10-21(19)26/h4-5,7-9,11,13,15,21H,6,10,26H2,1-3H3,(H2,27,28)/t21-/m0/s1. The molecule has 3 aromatic heterocycles. The monoisotopic (exact) mass is 438 g/mol. The number of anilines is 1. The van der Waals surface area contributed by atoms with E-state index in [-0.39, 0.29) is 6.04 Å². The van der Waals surface area contributed by atoms with E-state index in [2.05, 4.69) is 58.9 Å². The van der Waals surface area contributed by atoms with Gasteiger partial charge in [-0.3, -0.25) is 4.57 Å². The van der Waals surface area contributed by atoms with Gasteiger partial charge in [0.05, 0.1) is 5.56 Å². The van der Waals surface area contributed by atoms with Crippen molar-refractivity contribution in [1.29, 1.82) is 0 Å². The van der Waals surface area contributed by atoms with Crippen molar-refractivity contribution < 1.29 is 0 Å². The summed E-state index contributed by atoms with van der Waals surface area (Å²) < 4.78 is 2.06. The van der Waals surface area contributed by atoms with Crippen molar-refractivity contribution >= 4 is 25.1 Å². The summed E-state index contributed by atoms with van der Waals surface area (Å²) in [5.74, 6) is 4.42. The van der Waals surface area contributed by atoms with Gasteiger partial charge in [0.15, 0.2) is 11.5 Å². The fourth-order valence-corrected chi connectivity index (χ4v) is 4.59. The number of nitrogens with zero attached hydrogens (tertiary/aromatic N) is 4. The Balaban J connectivity index is 1.76. The molecule has 0 fully saturated rings. The molecule has 32 heavy (non-hydrogen) atoms. The van der Waals surface area contributed by atoms with Crippen LogP contribution in [0.1, 0.15) is 29.3 Å². The van der Waals surface area contributed by atoms with E-state index in [0.29, 0.717) is 5.82 Å². The first kappa shape index (κ1) is 20.4. The smallest absolute Gasteiger partial charge is 0.166 e. The molecule has 4 N–H and O–H groups in total. The van der Waals surface area contributed by atoms with Crippen LogP contribution in [-0.2, 0) is 6.42 Å². The lowest BCUT2D eigenvalue weighted by molar-refractivity contribution is 0.713. The van der Waals surface area contributed by atoms with E-state index in [4.69, 9.17) is 21.4 Å². The molecule has 1 aliphatic rings. The average molecular weight is 439 g/mol. The highest BCUT2D eigenvalue weighted by Gasteiger charge is 2.22. The number of aromatic nitrogens is 4. The molecule has 5 rings (SSSR count). The molecule has 0 unspecified atom stereocenters. The van der Waals surface area contributed by atoms with Crippen LogP contribution in [0.15, 0.2) is 48.7 Å². The van der Waals surface area contributed by atoms with Crippen molar-refractivity contribution in [3.8, 4) is 28.5 Å². The van der Waals surface area contributed by atoms with E-state index in [1.54, 1.807) is 6.20 Å². The van der Waals surface area contributed by atoms with E-state index in [0.717, 1.165) is 46.8 Å². The minimum Gasteiger partial charge on any atom is -0.383 e. The molecular weight excluding hydrogens is 412 g/mol. The van der Waals surface area contributed by atoms with Crippen LogP contribution in [0.5, 0.6) is 0 Å². The lowest BCUT2D eigenvalue weighted by atomic mass is 10.1. The number of imidazole rings is 1. The third-order valence-corrected chi connectivity index (χ3v) is 6.53. The Hall–Kier alpha value is -3.47. The van der Waals surface area contributed by atoms with E-state index in [1.165, 1.54) is 11.1 Å². The third kappa shape index (κ3) is 3.68. The van der Waals surface area contributed by atoms with Crippen molar-refractivity contribution in [3.63, 3.8) is 0 Å². The molecule has 0 bridgehead atoms. The number of hydrogen-bond donors (Lipinski definition) is 2. The molecular formula is C25H26N6Si. The second-order valence-corrected chi connectivity index (χ2v) is 14.0. The Bertz CT molecular complexity index is 1400. The number of aryl methyl sites for hydroxylation is 1. The van der Waals surface area contributed by atoms with Crippen LogP contribution < -0.4 is 11.5 Å². The number of hydrogen-bond acceptors (Lipinski definition) is 5. The van der Waals surface area contributed by atoms with E-state index in [1.807, 2.05) is 24.3 Å². The SMILES string of the molecule is C[Si](C)(C)C#Cc1ccc2nc(-c3cccnc3N)n(-c3ccc4c(c3)CC[C@@H]4N)c2n1. The van der Waals surface area contributed by atoms with Crippen LogP contribution in [-0.4, -0.2) is 27.6 Å². The zero-order valence-electron chi connectivity index (χ0n) is 18.6. The molecule has 6 nitrogen and oxygen atoms in total. The maximum absolute atomic E-state index is 6.27. The summed E-state index contributed by atoms with van der Waals surface area (Å²) >= 11 is 0. The highest BCUT2D eigenvalue weighted by atomic mass is 28.3. The maximum Gasteiger partial charge on any atom is 0.166 e. The summed E-state index contributed by atoms with van der Waals surface area (Å²) in [6, 6.07) is 14.2. The molecule has 160 valence electrons. The number of benzene rings is 1. The van der Waals surface area contributed by atoms with Gasteiger partial charge in [-0.15, -0.1) is 5.54 Å². The van der Waals surface area contributed by atoms with Gasteiger partial charge in [0.1, 0.15) is 25.1 Å². The second-order valence-electron chi connectivity index (χ2n) is 9.27. The van der Waals surface area contributed by atoms with Gasteiger partial charge in [-0.05, 0) is 60.4 Å². The van der Waals surface area contributed by atoms with Gasteiger partial charge in [-0.2, -0.15) is 0 Å². The summed E-state index contributed by atoms with van der Waals surface area (Å²) in [6.07, 6.45) is 3.63. The Kier molecular flexibility index (Phi) is 4.84. The lowest BCUT2D eigenvalue weighted by Gasteiger charge is -2.12. The highest BCUT2D eigenvalue weighted by Crippen LogP contribution is 2.34. The normalized spacial score (nSPS) is 15.4. The predicted octanol–water partition coefficient (Wildman–Crippen LogP) is 4.24. The van der Waals surface area contributed by atoms with Crippen LogP contribution in [0, 0.1) is 11.5 Å². The van der Waals surface area contributed by atoms with Crippen molar-refractivity contribution in [2.75, 3.05) is 5.73 Å². The van der Waals surface area contributed by atoms with Crippen LogP contribution in [0.4, 0.5) is 5.82 Å². The second kappa shape index (κ2) is 7.59. The van der Waals surface area contributed by atoms with Crippen LogP contribution in [0.3, 0.4) is 0 Å². The van der Waals surface area contributed by atoms with Crippen LogP contribution in [0.2, 0.25) is 19.6 Å². The van der Waals surface area contributed by atoms with Crippen molar-refractivity contribution in [1.82, 2.24) is 19.5 Å². The zero-order chi connectivity index (χ0) is 22.5.